The van der Waals surface area contributed by atoms with Crippen molar-refractivity contribution >= 4 is 30.0 Å². The molecule has 0 radical (unpaired) electrons. The van der Waals surface area contributed by atoms with Gasteiger partial charge in [-0.25, -0.2) is 4.79 Å². The summed E-state index contributed by atoms with van der Waals surface area (Å²) in [6, 6.07) is 0. The molecule has 92 valence electrons. The highest BCUT2D eigenvalue weighted by atomic mass is 32.2. The molecule has 1 amide bonds. The SMILES string of the molecule is N=CNCCCC1=C(C(=O)O)N2C(=O)C[C@H]2S1. The minimum absolute atomic E-state index is 0.000651. The number of fused-ring (bicyclic) bond motifs is 1. The minimum atomic E-state index is -1.02. The Labute approximate surface area is 103 Å². The molecule has 2 aliphatic rings. The number of hydrogen-bond donors (Lipinski definition) is 3. The molecule has 0 aromatic heterocycles. The number of rotatable bonds is 6. The van der Waals surface area contributed by atoms with Crippen LogP contribution in [0.3, 0.4) is 0 Å². The van der Waals surface area contributed by atoms with Gasteiger partial charge in [0.2, 0.25) is 5.91 Å². The first-order chi connectivity index (χ1) is 8.15. The Hall–Kier alpha value is -1.50. The second-order valence-corrected chi connectivity index (χ2v) is 5.09. The smallest absolute Gasteiger partial charge is 0.353 e. The summed E-state index contributed by atoms with van der Waals surface area (Å²) in [6.07, 6.45) is 2.94. The third-order valence-corrected chi connectivity index (χ3v) is 4.05. The molecule has 7 heteroatoms. The van der Waals surface area contributed by atoms with Gasteiger partial charge >= 0.3 is 5.97 Å². The molecular weight excluding hydrogens is 242 g/mol. The van der Waals surface area contributed by atoms with Gasteiger partial charge in [-0.05, 0) is 12.8 Å². The number of carbonyl (C=O) groups is 2. The van der Waals surface area contributed by atoms with E-state index in [1.165, 1.54) is 16.7 Å². The molecule has 17 heavy (non-hydrogen) atoms. The number of thioether (sulfide) groups is 1. The summed E-state index contributed by atoms with van der Waals surface area (Å²) in [4.78, 5) is 24.6. The van der Waals surface area contributed by atoms with Crippen LogP contribution >= 0.6 is 11.8 Å². The van der Waals surface area contributed by atoms with Crippen molar-refractivity contribution in [3.8, 4) is 0 Å². The molecular formula is C10H13N3O3S. The van der Waals surface area contributed by atoms with Crippen LogP contribution in [0.5, 0.6) is 0 Å². The predicted molar refractivity (Wildman–Crippen MR) is 63.5 cm³/mol. The lowest BCUT2D eigenvalue weighted by molar-refractivity contribution is -0.145. The van der Waals surface area contributed by atoms with Gasteiger partial charge in [0.25, 0.3) is 0 Å². The first-order valence-corrected chi connectivity index (χ1v) is 6.20. The number of aliphatic carboxylic acids is 1. The molecule has 0 unspecified atom stereocenters. The van der Waals surface area contributed by atoms with Crippen molar-refractivity contribution in [2.45, 2.75) is 24.6 Å². The average molecular weight is 255 g/mol. The fourth-order valence-electron chi connectivity index (χ4n) is 1.93. The van der Waals surface area contributed by atoms with Crippen molar-refractivity contribution in [1.29, 1.82) is 5.41 Å². The summed E-state index contributed by atoms with van der Waals surface area (Å²) in [5.41, 5.74) is 0.158. The highest BCUT2D eigenvalue weighted by Crippen LogP contribution is 2.47. The molecule has 2 rings (SSSR count). The average Bonchev–Trinajstić information content (AvgIpc) is 2.57. The molecule has 3 N–H and O–H groups in total. The van der Waals surface area contributed by atoms with Crippen LogP contribution in [0.2, 0.25) is 0 Å². The van der Waals surface area contributed by atoms with Gasteiger partial charge in [0.05, 0.1) is 18.1 Å². The maximum Gasteiger partial charge on any atom is 0.353 e. The van der Waals surface area contributed by atoms with Gasteiger partial charge in [-0.3, -0.25) is 15.1 Å². The van der Waals surface area contributed by atoms with E-state index in [1.54, 1.807) is 0 Å². The maximum atomic E-state index is 11.3. The molecule has 0 aromatic rings. The molecule has 0 aliphatic carbocycles. The lowest BCUT2D eigenvalue weighted by Gasteiger charge is -2.33. The minimum Gasteiger partial charge on any atom is -0.477 e. The van der Waals surface area contributed by atoms with Crippen molar-refractivity contribution in [3.05, 3.63) is 10.6 Å². The first kappa shape index (κ1) is 12.0. The second-order valence-electron chi connectivity index (χ2n) is 3.82. The quantitative estimate of drug-likeness (QED) is 0.279. The number of amides is 1. The van der Waals surface area contributed by atoms with E-state index in [0.717, 1.165) is 17.7 Å². The molecule has 0 aromatic carbocycles. The van der Waals surface area contributed by atoms with Gasteiger partial charge in [0.15, 0.2) is 0 Å². The fourth-order valence-corrected chi connectivity index (χ4v) is 3.37. The molecule has 0 spiro atoms. The Balaban J connectivity index is 2.02. The summed E-state index contributed by atoms with van der Waals surface area (Å²) in [6.45, 7) is 0.638. The summed E-state index contributed by atoms with van der Waals surface area (Å²) < 4.78 is 0. The number of carboxylic acid groups (broad SMARTS) is 1. The zero-order valence-corrected chi connectivity index (χ0v) is 9.92. The number of carbonyl (C=O) groups excluding carboxylic acids is 1. The van der Waals surface area contributed by atoms with Crippen LogP contribution in [-0.2, 0) is 9.59 Å². The molecule has 0 bridgehead atoms. The maximum absolute atomic E-state index is 11.3. The zero-order valence-electron chi connectivity index (χ0n) is 9.10. The zero-order chi connectivity index (χ0) is 12.4. The largest absolute Gasteiger partial charge is 0.477 e. The topological polar surface area (TPSA) is 93.5 Å². The number of nitrogens with zero attached hydrogens (tertiary/aromatic N) is 1. The van der Waals surface area contributed by atoms with Crippen molar-refractivity contribution in [2.24, 2.45) is 0 Å². The number of nitrogens with one attached hydrogen (secondary N) is 2. The molecule has 1 atom stereocenters. The van der Waals surface area contributed by atoms with Gasteiger partial charge in [0, 0.05) is 11.4 Å². The highest BCUT2D eigenvalue weighted by molar-refractivity contribution is 8.04. The highest BCUT2D eigenvalue weighted by Gasteiger charge is 2.47. The molecule has 1 fully saturated rings. The van der Waals surface area contributed by atoms with Gasteiger partial charge in [-0.2, -0.15) is 0 Å². The van der Waals surface area contributed by atoms with Crippen molar-refractivity contribution in [3.63, 3.8) is 0 Å². The number of allylic oxidation sites excluding steroid dienone is 1. The van der Waals surface area contributed by atoms with E-state index in [9.17, 15) is 9.59 Å². The summed E-state index contributed by atoms with van der Waals surface area (Å²) in [5, 5.41) is 18.7. The second kappa shape index (κ2) is 4.79. The Morgan fingerprint density at radius 1 is 1.71 bits per heavy atom. The van der Waals surface area contributed by atoms with Crippen LogP contribution in [0.1, 0.15) is 19.3 Å². The van der Waals surface area contributed by atoms with Crippen LogP contribution in [0.25, 0.3) is 0 Å². The van der Waals surface area contributed by atoms with E-state index < -0.39 is 5.97 Å². The lowest BCUT2D eigenvalue weighted by Crippen LogP contribution is -2.48. The van der Waals surface area contributed by atoms with Gasteiger partial charge < -0.3 is 10.4 Å². The van der Waals surface area contributed by atoms with Gasteiger partial charge in [-0.15, -0.1) is 11.8 Å². The predicted octanol–water partition coefficient (Wildman–Crippen LogP) is 0.565. The van der Waals surface area contributed by atoms with Crippen molar-refractivity contribution < 1.29 is 14.7 Å². The standard InChI is InChI=1S/C10H13N3O3S/c11-5-12-3-1-2-6-9(10(15)16)13-7(14)4-8(13)17-6/h5,8H,1-4H2,(H2,11,12)(H,15,16)/t8-/m1/s1. The van der Waals surface area contributed by atoms with Gasteiger partial charge in [-0.1, -0.05) is 0 Å². The van der Waals surface area contributed by atoms with Crippen LogP contribution in [0, 0.1) is 5.41 Å². The Morgan fingerprint density at radius 3 is 3.06 bits per heavy atom. The summed E-state index contributed by atoms with van der Waals surface area (Å²) in [5.74, 6) is -1.13. The van der Waals surface area contributed by atoms with Crippen LogP contribution < -0.4 is 5.32 Å². The first-order valence-electron chi connectivity index (χ1n) is 5.32. The molecule has 1 saturated heterocycles. The van der Waals surface area contributed by atoms with E-state index >= 15 is 0 Å². The van der Waals surface area contributed by atoms with E-state index in [4.69, 9.17) is 10.5 Å². The lowest BCUT2D eigenvalue weighted by atomic mass is 10.1. The molecule has 2 heterocycles. The van der Waals surface area contributed by atoms with Crippen LogP contribution in [0.15, 0.2) is 10.6 Å². The molecule has 6 nitrogen and oxygen atoms in total. The third kappa shape index (κ3) is 2.14. The van der Waals surface area contributed by atoms with Crippen LogP contribution in [-0.4, -0.2) is 40.1 Å². The number of hydrogen-bond acceptors (Lipinski definition) is 4. The number of β-lactam (4-membered cyclic amide) rings is 1. The van der Waals surface area contributed by atoms with Gasteiger partial charge in [0.1, 0.15) is 5.70 Å². The van der Waals surface area contributed by atoms with Crippen molar-refractivity contribution in [2.75, 3.05) is 6.54 Å². The molecule has 0 saturated carbocycles. The van der Waals surface area contributed by atoms with Crippen molar-refractivity contribution in [1.82, 2.24) is 10.2 Å². The Bertz CT molecular complexity index is 408. The van der Waals surface area contributed by atoms with Crippen LogP contribution in [0.4, 0.5) is 0 Å². The normalized spacial score (nSPS) is 22.2. The fraction of sp³-hybridized carbons (Fsp3) is 0.500. The molecule has 2 aliphatic heterocycles. The Kier molecular flexibility index (Phi) is 3.37. The number of carboxylic acids is 1. The van der Waals surface area contributed by atoms with E-state index in [0.29, 0.717) is 19.4 Å². The Morgan fingerprint density at radius 2 is 2.47 bits per heavy atom. The summed E-state index contributed by atoms with van der Waals surface area (Å²) in [7, 11) is 0. The third-order valence-electron chi connectivity index (χ3n) is 2.72. The monoisotopic (exact) mass is 255 g/mol. The van der Waals surface area contributed by atoms with E-state index in [2.05, 4.69) is 5.32 Å². The van der Waals surface area contributed by atoms with E-state index in [-0.39, 0.29) is 17.0 Å². The summed E-state index contributed by atoms with van der Waals surface area (Å²) >= 11 is 1.48. The van der Waals surface area contributed by atoms with E-state index in [1.807, 2.05) is 0 Å².